The second kappa shape index (κ2) is 6.13. The van der Waals surface area contributed by atoms with Gasteiger partial charge in [0.1, 0.15) is 4.88 Å². The highest BCUT2D eigenvalue weighted by Gasteiger charge is 2.22. The molecule has 0 unspecified atom stereocenters. The first-order chi connectivity index (χ1) is 10.0. The molecule has 1 saturated heterocycles. The molecule has 0 spiro atoms. The van der Waals surface area contributed by atoms with E-state index in [1.165, 1.54) is 11.3 Å². The van der Waals surface area contributed by atoms with E-state index in [9.17, 15) is 4.79 Å². The third-order valence-corrected chi connectivity index (χ3v) is 5.74. The van der Waals surface area contributed by atoms with E-state index < -0.39 is 0 Å². The summed E-state index contributed by atoms with van der Waals surface area (Å²) in [7, 11) is 2.10. The molecule has 1 aromatic carbocycles. The van der Waals surface area contributed by atoms with Gasteiger partial charge in [-0.1, -0.05) is 29.3 Å². The summed E-state index contributed by atoms with van der Waals surface area (Å²) in [6.07, 6.45) is 1.97. The van der Waals surface area contributed by atoms with Gasteiger partial charge in [0.15, 0.2) is 0 Å². The Kier molecular flexibility index (Phi) is 4.41. The number of rotatable bonds is 2. The number of thiophene rings is 1. The highest BCUT2D eigenvalue weighted by molar-refractivity contribution is 7.21. The zero-order chi connectivity index (χ0) is 15.0. The molecule has 1 aliphatic heterocycles. The van der Waals surface area contributed by atoms with Gasteiger partial charge in [0.05, 0.1) is 5.02 Å². The Balaban J connectivity index is 1.80. The molecular formula is C15H16Cl2N2OS. The number of halogens is 2. The number of hydrogen-bond acceptors (Lipinski definition) is 3. The van der Waals surface area contributed by atoms with Crippen molar-refractivity contribution in [3.63, 3.8) is 0 Å². The number of hydrogen-bond donors (Lipinski definition) is 1. The average Bonchev–Trinajstić information content (AvgIpc) is 2.78. The smallest absolute Gasteiger partial charge is 0.263 e. The van der Waals surface area contributed by atoms with Crippen molar-refractivity contribution >= 4 is 50.5 Å². The summed E-state index contributed by atoms with van der Waals surface area (Å²) < 4.78 is 0.945. The van der Waals surface area contributed by atoms with Gasteiger partial charge >= 0.3 is 0 Å². The van der Waals surface area contributed by atoms with Gasteiger partial charge in [-0.2, -0.15) is 0 Å². The predicted molar refractivity (Wildman–Crippen MR) is 89.8 cm³/mol. The summed E-state index contributed by atoms with van der Waals surface area (Å²) in [4.78, 5) is 15.3. The van der Waals surface area contributed by atoms with Crippen molar-refractivity contribution in [3.05, 3.63) is 33.1 Å². The molecule has 3 rings (SSSR count). The molecule has 1 amide bonds. The highest BCUT2D eigenvalue weighted by Crippen LogP contribution is 2.36. The topological polar surface area (TPSA) is 32.3 Å². The summed E-state index contributed by atoms with van der Waals surface area (Å²) >= 11 is 13.7. The Morgan fingerprint density at radius 1 is 1.33 bits per heavy atom. The van der Waals surface area contributed by atoms with Crippen LogP contribution in [-0.4, -0.2) is 37.0 Å². The van der Waals surface area contributed by atoms with Crippen molar-refractivity contribution in [2.75, 3.05) is 20.1 Å². The molecule has 1 fully saturated rings. The second-order valence-electron chi connectivity index (χ2n) is 5.44. The largest absolute Gasteiger partial charge is 0.348 e. The first-order valence-corrected chi connectivity index (χ1v) is 8.49. The Hall–Kier alpha value is -0.810. The summed E-state index contributed by atoms with van der Waals surface area (Å²) in [6, 6.07) is 5.74. The molecule has 2 heterocycles. The van der Waals surface area contributed by atoms with Gasteiger partial charge in [-0.3, -0.25) is 4.79 Å². The van der Waals surface area contributed by atoms with Crippen LogP contribution >= 0.6 is 34.5 Å². The number of nitrogens with zero attached hydrogens (tertiary/aromatic N) is 1. The van der Waals surface area contributed by atoms with Crippen LogP contribution in [-0.2, 0) is 0 Å². The molecule has 0 bridgehead atoms. The maximum Gasteiger partial charge on any atom is 0.263 e. The lowest BCUT2D eigenvalue weighted by atomic mass is 10.1. The Morgan fingerprint density at radius 3 is 2.76 bits per heavy atom. The molecule has 3 nitrogen and oxygen atoms in total. The Labute approximate surface area is 137 Å². The molecule has 0 aliphatic carbocycles. The molecule has 0 radical (unpaired) electrons. The van der Waals surface area contributed by atoms with Crippen LogP contribution in [0.3, 0.4) is 0 Å². The lowest BCUT2D eigenvalue weighted by Gasteiger charge is -2.29. The fourth-order valence-electron chi connectivity index (χ4n) is 2.59. The number of likely N-dealkylation sites (tertiary alicyclic amines) is 1. The minimum atomic E-state index is -0.0770. The summed E-state index contributed by atoms with van der Waals surface area (Å²) in [5, 5.41) is 5.17. The fourth-order valence-corrected chi connectivity index (χ4v) is 4.29. The van der Waals surface area contributed by atoms with Gasteiger partial charge < -0.3 is 10.2 Å². The van der Waals surface area contributed by atoms with Crippen LogP contribution in [0.1, 0.15) is 22.5 Å². The van der Waals surface area contributed by atoms with Crippen LogP contribution in [0.5, 0.6) is 0 Å². The summed E-state index contributed by atoms with van der Waals surface area (Å²) in [5.74, 6) is -0.0770. The summed E-state index contributed by atoms with van der Waals surface area (Å²) in [5.41, 5.74) is 0. The first kappa shape index (κ1) is 15.1. The third-order valence-electron chi connectivity index (χ3n) is 3.85. The molecule has 6 heteroatoms. The van der Waals surface area contributed by atoms with Crippen LogP contribution < -0.4 is 5.32 Å². The van der Waals surface area contributed by atoms with E-state index in [-0.39, 0.29) is 11.9 Å². The van der Waals surface area contributed by atoms with E-state index in [1.54, 1.807) is 6.07 Å². The van der Waals surface area contributed by atoms with Gasteiger partial charge in [-0.15, -0.1) is 11.3 Å². The molecule has 1 N–H and O–H groups in total. The average molecular weight is 343 g/mol. The number of amides is 1. The number of nitrogens with one attached hydrogen (secondary N) is 1. The van der Waals surface area contributed by atoms with E-state index >= 15 is 0 Å². The standard InChI is InChI=1S/C15H16Cl2N2OS/c1-19-6-4-10(5-7-19)18-15(20)14-13(17)11-3-2-9(16)8-12(11)21-14/h2-3,8,10H,4-7H2,1H3,(H,18,20). The van der Waals surface area contributed by atoms with Crippen molar-refractivity contribution in [1.29, 1.82) is 0 Å². The Bertz CT molecular complexity index is 678. The molecule has 112 valence electrons. The van der Waals surface area contributed by atoms with Crippen LogP contribution in [0.4, 0.5) is 0 Å². The molecule has 21 heavy (non-hydrogen) atoms. The maximum absolute atomic E-state index is 12.4. The molecule has 0 saturated carbocycles. The van der Waals surface area contributed by atoms with Crippen molar-refractivity contribution in [1.82, 2.24) is 10.2 Å². The zero-order valence-corrected chi connectivity index (χ0v) is 14.0. The van der Waals surface area contributed by atoms with E-state index in [0.29, 0.717) is 14.9 Å². The van der Waals surface area contributed by atoms with E-state index in [2.05, 4.69) is 17.3 Å². The van der Waals surface area contributed by atoms with E-state index in [0.717, 1.165) is 36.0 Å². The Morgan fingerprint density at radius 2 is 2.05 bits per heavy atom. The van der Waals surface area contributed by atoms with Gasteiger partial charge in [0.25, 0.3) is 5.91 Å². The first-order valence-electron chi connectivity index (χ1n) is 6.91. The molecule has 1 aliphatic rings. The van der Waals surface area contributed by atoms with Crippen LogP contribution in [0.2, 0.25) is 10.0 Å². The van der Waals surface area contributed by atoms with Gasteiger partial charge in [0, 0.05) is 21.2 Å². The lowest BCUT2D eigenvalue weighted by molar-refractivity contribution is 0.0921. The fraction of sp³-hybridized carbons (Fsp3) is 0.400. The number of carbonyl (C=O) groups is 1. The SMILES string of the molecule is CN1CCC(NC(=O)c2sc3cc(Cl)ccc3c2Cl)CC1. The predicted octanol–water partition coefficient (Wildman–Crippen LogP) is 4.03. The quantitative estimate of drug-likeness (QED) is 0.893. The minimum Gasteiger partial charge on any atom is -0.348 e. The van der Waals surface area contributed by atoms with E-state index in [1.807, 2.05) is 12.1 Å². The van der Waals surface area contributed by atoms with Crippen molar-refractivity contribution < 1.29 is 4.79 Å². The van der Waals surface area contributed by atoms with Gasteiger partial charge in [-0.25, -0.2) is 0 Å². The number of piperidine rings is 1. The van der Waals surface area contributed by atoms with E-state index in [4.69, 9.17) is 23.2 Å². The molecular weight excluding hydrogens is 327 g/mol. The number of carbonyl (C=O) groups excluding carboxylic acids is 1. The molecule has 1 aromatic heterocycles. The number of fused-ring (bicyclic) bond motifs is 1. The van der Waals surface area contributed by atoms with Crippen LogP contribution in [0.25, 0.3) is 10.1 Å². The zero-order valence-electron chi connectivity index (χ0n) is 11.7. The molecule has 2 aromatic rings. The maximum atomic E-state index is 12.4. The van der Waals surface area contributed by atoms with Crippen LogP contribution in [0, 0.1) is 0 Å². The second-order valence-corrected chi connectivity index (χ2v) is 7.30. The van der Waals surface area contributed by atoms with Crippen LogP contribution in [0.15, 0.2) is 18.2 Å². The highest BCUT2D eigenvalue weighted by atomic mass is 35.5. The van der Waals surface area contributed by atoms with Gasteiger partial charge in [0.2, 0.25) is 0 Å². The lowest BCUT2D eigenvalue weighted by Crippen LogP contribution is -2.43. The normalized spacial score (nSPS) is 17.3. The van der Waals surface area contributed by atoms with Crippen molar-refractivity contribution in [2.45, 2.75) is 18.9 Å². The number of benzene rings is 1. The van der Waals surface area contributed by atoms with Crippen molar-refractivity contribution in [3.8, 4) is 0 Å². The minimum absolute atomic E-state index is 0.0770. The third kappa shape index (κ3) is 3.19. The van der Waals surface area contributed by atoms with Gasteiger partial charge in [-0.05, 0) is 45.1 Å². The molecule has 0 atom stereocenters. The van der Waals surface area contributed by atoms with Crippen molar-refractivity contribution in [2.24, 2.45) is 0 Å². The monoisotopic (exact) mass is 342 g/mol. The summed E-state index contributed by atoms with van der Waals surface area (Å²) in [6.45, 7) is 2.03.